The molecule has 1 nitrogen and oxygen atoms in total. The first kappa shape index (κ1) is 14.1. The summed E-state index contributed by atoms with van der Waals surface area (Å²) in [5, 5.41) is 3.71. The Morgan fingerprint density at radius 2 is 2.00 bits per heavy atom. The van der Waals surface area contributed by atoms with Crippen LogP contribution < -0.4 is 5.32 Å². The largest absolute Gasteiger partial charge is 0.314 e. The Labute approximate surface area is 119 Å². The molecule has 0 heterocycles. The molecule has 0 spiro atoms. The highest BCUT2D eigenvalue weighted by molar-refractivity contribution is 9.10. The van der Waals surface area contributed by atoms with Crippen molar-refractivity contribution in [1.82, 2.24) is 5.32 Å². The lowest BCUT2D eigenvalue weighted by Gasteiger charge is -2.34. The number of rotatable bonds is 4. The molecule has 1 aliphatic rings. The van der Waals surface area contributed by atoms with Crippen LogP contribution in [0.4, 0.5) is 0 Å². The van der Waals surface area contributed by atoms with Crippen LogP contribution in [0.5, 0.6) is 0 Å². The van der Waals surface area contributed by atoms with Gasteiger partial charge in [0.1, 0.15) is 0 Å². The zero-order valence-corrected chi connectivity index (χ0v) is 13.1. The van der Waals surface area contributed by atoms with Gasteiger partial charge < -0.3 is 5.32 Å². The molecule has 1 fully saturated rings. The molecule has 1 aliphatic carbocycles. The Hall–Kier alpha value is -0.340. The molecule has 0 bridgehead atoms. The van der Waals surface area contributed by atoms with Gasteiger partial charge in [0.25, 0.3) is 0 Å². The number of hydrogen-bond acceptors (Lipinski definition) is 1. The monoisotopic (exact) mass is 309 g/mol. The highest BCUT2D eigenvalue weighted by Gasteiger charge is 2.26. The van der Waals surface area contributed by atoms with Gasteiger partial charge in [-0.05, 0) is 61.8 Å². The number of benzene rings is 1. The molecule has 1 aromatic carbocycles. The van der Waals surface area contributed by atoms with E-state index in [1.807, 2.05) is 0 Å². The van der Waals surface area contributed by atoms with Crippen molar-refractivity contribution in [2.75, 3.05) is 6.54 Å². The summed E-state index contributed by atoms with van der Waals surface area (Å²) in [5.74, 6) is 0. The fourth-order valence-electron chi connectivity index (χ4n) is 2.72. The molecule has 2 rings (SSSR count). The molecule has 2 heteroatoms. The van der Waals surface area contributed by atoms with Crippen LogP contribution in [0.1, 0.15) is 45.1 Å². The SMILES string of the molecule is CC1(C)CCC(NCCc2cccc(Br)c2)CC1. The average Bonchev–Trinajstić information content (AvgIpc) is 2.31. The Morgan fingerprint density at radius 1 is 1.28 bits per heavy atom. The van der Waals surface area contributed by atoms with Crippen molar-refractivity contribution in [2.45, 2.75) is 52.0 Å². The molecular formula is C16H24BrN. The molecule has 1 N–H and O–H groups in total. The van der Waals surface area contributed by atoms with Gasteiger partial charge in [-0.2, -0.15) is 0 Å². The molecule has 0 atom stereocenters. The van der Waals surface area contributed by atoms with Crippen molar-refractivity contribution < 1.29 is 0 Å². The Morgan fingerprint density at radius 3 is 2.67 bits per heavy atom. The summed E-state index contributed by atoms with van der Waals surface area (Å²) in [5.41, 5.74) is 1.98. The molecule has 1 aromatic rings. The fourth-order valence-corrected chi connectivity index (χ4v) is 3.16. The van der Waals surface area contributed by atoms with Crippen molar-refractivity contribution in [3.05, 3.63) is 34.3 Å². The van der Waals surface area contributed by atoms with E-state index >= 15 is 0 Å². The lowest BCUT2D eigenvalue weighted by molar-refractivity contribution is 0.207. The van der Waals surface area contributed by atoms with Crippen LogP contribution in [-0.2, 0) is 6.42 Å². The molecule has 0 amide bonds. The summed E-state index contributed by atoms with van der Waals surface area (Å²) < 4.78 is 1.18. The van der Waals surface area contributed by atoms with Gasteiger partial charge in [-0.25, -0.2) is 0 Å². The Bertz CT molecular complexity index is 376. The summed E-state index contributed by atoms with van der Waals surface area (Å²) >= 11 is 3.52. The van der Waals surface area contributed by atoms with Gasteiger partial charge in [-0.3, -0.25) is 0 Å². The first-order valence-corrected chi connectivity index (χ1v) is 7.82. The van der Waals surface area contributed by atoms with Crippen LogP contribution in [0.25, 0.3) is 0 Å². The molecule has 0 aromatic heterocycles. The fraction of sp³-hybridized carbons (Fsp3) is 0.625. The number of halogens is 1. The van der Waals surface area contributed by atoms with E-state index in [0.29, 0.717) is 5.41 Å². The molecule has 0 radical (unpaired) electrons. The van der Waals surface area contributed by atoms with Crippen molar-refractivity contribution >= 4 is 15.9 Å². The molecule has 0 unspecified atom stereocenters. The predicted molar refractivity (Wildman–Crippen MR) is 81.9 cm³/mol. The van der Waals surface area contributed by atoms with Gasteiger partial charge in [0.2, 0.25) is 0 Å². The van der Waals surface area contributed by atoms with Crippen LogP contribution in [0.2, 0.25) is 0 Å². The van der Waals surface area contributed by atoms with E-state index in [9.17, 15) is 0 Å². The van der Waals surface area contributed by atoms with Gasteiger partial charge in [0.15, 0.2) is 0 Å². The van der Waals surface area contributed by atoms with Gasteiger partial charge >= 0.3 is 0 Å². The third kappa shape index (κ3) is 4.40. The van der Waals surface area contributed by atoms with Gasteiger partial charge in [-0.15, -0.1) is 0 Å². The van der Waals surface area contributed by atoms with Gasteiger partial charge in [-0.1, -0.05) is 41.9 Å². The predicted octanol–water partition coefficient (Wildman–Crippen LogP) is 4.55. The van der Waals surface area contributed by atoms with Gasteiger partial charge in [0.05, 0.1) is 0 Å². The van der Waals surface area contributed by atoms with Gasteiger partial charge in [0, 0.05) is 10.5 Å². The topological polar surface area (TPSA) is 12.0 Å². The second-order valence-corrected chi connectivity index (χ2v) is 7.19. The molecule has 0 aliphatic heterocycles. The summed E-state index contributed by atoms with van der Waals surface area (Å²) in [6.45, 7) is 5.89. The number of hydrogen-bond donors (Lipinski definition) is 1. The smallest absolute Gasteiger partial charge is 0.0178 e. The lowest BCUT2D eigenvalue weighted by atomic mass is 9.75. The Balaban J connectivity index is 1.70. The second-order valence-electron chi connectivity index (χ2n) is 6.27. The Kier molecular flexibility index (Phi) is 4.85. The first-order chi connectivity index (χ1) is 8.55. The van der Waals surface area contributed by atoms with E-state index in [2.05, 4.69) is 59.4 Å². The normalized spacial score (nSPS) is 19.9. The maximum atomic E-state index is 3.71. The molecule has 1 saturated carbocycles. The second kappa shape index (κ2) is 6.21. The maximum Gasteiger partial charge on any atom is 0.0178 e. The highest BCUT2D eigenvalue weighted by atomic mass is 79.9. The van der Waals surface area contributed by atoms with Crippen molar-refractivity contribution in [3.8, 4) is 0 Å². The van der Waals surface area contributed by atoms with E-state index in [-0.39, 0.29) is 0 Å². The van der Waals surface area contributed by atoms with Crippen LogP contribution in [0.3, 0.4) is 0 Å². The van der Waals surface area contributed by atoms with Crippen molar-refractivity contribution in [3.63, 3.8) is 0 Å². The molecular weight excluding hydrogens is 286 g/mol. The third-order valence-corrected chi connectivity index (χ3v) is 4.57. The maximum absolute atomic E-state index is 3.71. The minimum absolute atomic E-state index is 0.572. The average molecular weight is 310 g/mol. The lowest BCUT2D eigenvalue weighted by Crippen LogP contribution is -2.36. The number of nitrogens with one attached hydrogen (secondary N) is 1. The summed E-state index contributed by atoms with van der Waals surface area (Å²) in [7, 11) is 0. The zero-order chi connectivity index (χ0) is 13.0. The quantitative estimate of drug-likeness (QED) is 0.860. The highest BCUT2D eigenvalue weighted by Crippen LogP contribution is 2.34. The van der Waals surface area contributed by atoms with E-state index in [0.717, 1.165) is 19.0 Å². The molecule has 0 saturated heterocycles. The van der Waals surface area contributed by atoms with E-state index in [1.54, 1.807) is 0 Å². The molecule has 100 valence electrons. The van der Waals surface area contributed by atoms with Crippen molar-refractivity contribution in [1.29, 1.82) is 0 Å². The van der Waals surface area contributed by atoms with Crippen LogP contribution >= 0.6 is 15.9 Å². The van der Waals surface area contributed by atoms with Crippen LogP contribution in [0, 0.1) is 5.41 Å². The summed E-state index contributed by atoms with van der Waals surface area (Å²) in [6, 6.07) is 9.36. The minimum Gasteiger partial charge on any atom is -0.314 e. The third-order valence-electron chi connectivity index (χ3n) is 4.07. The molecule has 18 heavy (non-hydrogen) atoms. The van der Waals surface area contributed by atoms with Crippen molar-refractivity contribution in [2.24, 2.45) is 5.41 Å². The zero-order valence-electron chi connectivity index (χ0n) is 11.5. The van der Waals surface area contributed by atoms with Crippen LogP contribution in [0.15, 0.2) is 28.7 Å². The van der Waals surface area contributed by atoms with E-state index in [4.69, 9.17) is 0 Å². The van der Waals surface area contributed by atoms with E-state index in [1.165, 1.54) is 35.7 Å². The van der Waals surface area contributed by atoms with E-state index < -0.39 is 0 Å². The summed E-state index contributed by atoms with van der Waals surface area (Å²) in [6.07, 6.45) is 6.53. The standard InChI is InChI=1S/C16H24BrN/c1-16(2)9-6-15(7-10-16)18-11-8-13-4-3-5-14(17)12-13/h3-5,12,15,18H,6-11H2,1-2H3. The summed E-state index contributed by atoms with van der Waals surface area (Å²) in [4.78, 5) is 0. The minimum atomic E-state index is 0.572. The first-order valence-electron chi connectivity index (χ1n) is 7.03. The van der Waals surface area contributed by atoms with Crippen LogP contribution in [-0.4, -0.2) is 12.6 Å².